The van der Waals surface area contributed by atoms with Crippen LogP contribution in [0.3, 0.4) is 0 Å². The molecule has 154 valence electrons. The number of pyridine rings is 1. The van der Waals surface area contributed by atoms with Crippen molar-refractivity contribution in [3.63, 3.8) is 0 Å². The van der Waals surface area contributed by atoms with Crippen molar-refractivity contribution in [2.24, 2.45) is 0 Å². The molecule has 1 N–H and O–H groups in total. The smallest absolute Gasteiger partial charge is 0.267 e. The minimum absolute atomic E-state index is 0.0505. The maximum absolute atomic E-state index is 12.9. The zero-order valence-corrected chi connectivity index (χ0v) is 18.5. The molecule has 0 radical (unpaired) electrons. The van der Waals surface area contributed by atoms with Gasteiger partial charge >= 0.3 is 0 Å². The molecule has 1 aromatic carbocycles. The standard InChI is InChI=1S/C22H22N4O2S2/c1-14-13-16(22(28)26-9-11-29-12-10-26)6-7-17(14)25-20(27)19-15(2)24-21(30-19)18-5-3-4-8-23-18/h3-8,13H,9-12H2,1-2H3,(H,25,27). The van der Waals surface area contributed by atoms with E-state index >= 15 is 0 Å². The Hall–Kier alpha value is -2.71. The van der Waals surface area contributed by atoms with Crippen LogP contribution in [-0.2, 0) is 0 Å². The number of hydrogen-bond acceptors (Lipinski definition) is 6. The van der Waals surface area contributed by atoms with Gasteiger partial charge in [-0.05, 0) is 49.7 Å². The summed E-state index contributed by atoms with van der Waals surface area (Å²) < 4.78 is 0. The SMILES string of the molecule is Cc1cc(C(=O)N2CCSCC2)ccc1NC(=O)c1sc(-c2ccccn2)nc1C. The molecule has 1 fully saturated rings. The summed E-state index contributed by atoms with van der Waals surface area (Å²) >= 11 is 3.20. The van der Waals surface area contributed by atoms with E-state index in [1.54, 1.807) is 18.3 Å². The van der Waals surface area contributed by atoms with Gasteiger partial charge in [0, 0.05) is 42.0 Å². The quantitative estimate of drug-likeness (QED) is 0.659. The molecule has 0 spiro atoms. The Morgan fingerprint density at radius 1 is 1.10 bits per heavy atom. The number of thioether (sulfide) groups is 1. The van der Waals surface area contributed by atoms with E-state index in [0.717, 1.165) is 40.9 Å². The lowest BCUT2D eigenvalue weighted by molar-refractivity contribution is 0.0772. The molecule has 8 heteroatoms. The predicted molar refractivity (Wildman–Crippen MR) is 122 cm³/mol. The number of anilines is 1. The van der Waals surface area contributed by atoms with Crippen LogP contribution in [-0.4, -0.2) is 51.3 Å². The van der Waals surface area contributed by atoms with Crippen LogP contribution in [0.1, 0.15) is 31.3 Å². The van der Waals surface area contributed by atoms with Crippen LogP contribution in [0.4, 0.5) is 5.69 Å². The number of amides is 2. The summed E-state index contributed by atoms with van der Waals surface area (Å²) in [6.45, 7) is 5.29. The number of rotatable bonds is 4. The fraction of sp³-hybridized carbons (Fsp3) is 0.273. The summed E-state index contributed by atoms with van der Waals surface area (Å²) in [6, 6.07) is 11.0. The van der Waals surface area contributed by atoms with Crippen molar-refractivity contribution in [3.05, 3.63) is 64.3 Å². The molecule has 0 unspecified atom stereocenters. The minimum Gasteiger partial charge on any atom is -0.337 e. The number of aryl methyl sites for hydroxylation is 2. The van der Waals surface area contributed by atoms with E-state index in [-0.39, 0.29) is 11.8 Å². The lowest BCUT2D eigenvalue weighted by Gasteiger charge is -2.26. The summed E-state index contributed by atoms with van der Waals surface area (Å²) in [5, 5.41) is 3.68. The number of aromatic nitrogens is 2. The molecule has 3 aromatic rings. The van der Waals surface area contributed by atoms with Gasteiger partial charge in [0.1, 0.15) is 9.88 Å². The van der Waals surface area contributed by atoms with Gasteiger partial charge in [0.15, 0.2) is 0 Å². The van der Waals surface area contributed by atoms with E-state index in [1.807, 2.05) is 54.8 Å². The minimum atomic E-state index is -0.206. The van der Waals surface area contributed by atoms with E-state index in [2.05, 4.69) is 15.3 Å². The van der Waals surface area contributed by atoms with Crippen LogP contribution in [0.5, 0.6) is 0 Å². The second kappa shape index (κ2) is 8.97. The maximum Gasteiger partial charge on any atom is 0.267 e. The fourth-order valence-corrected chi connectivity index (χ4v) is 5.11. The third kappa shape index (κ3) is 4.39. The Morgan fingerprint density at radius 3 is 2.60 bits per heavy atom. The number of hydrogen-bond donors (Lipinski definition) is 1. The Morgan fingerprint density at radius 2 is 1.90 bits per heavy atom. The molecular formula is C22H22N4O2S2. The second-order valence-electron chi connectivity index (χ2n) is 7.04. The van der Waals surface area contributed by atoms with Gasteiger partial charge in [0.05, 0.1) is 11.4 Å². The normalized spacial score (nSPS) is 13.9. The van der Waals surface area contributed by atoms with Crippen LogP contribution in [0, 0.1) is 13.8 Å². The number of benzene rings is 1. The Bertz CT molecular complexity index is 1080. The predicted octanol–water partition coefficient (Wildman–Crippen LogP) is 4.26. The summed E-state index contributed by atoms with van der Waals surface area (Å²) in [5.74, 6) is 1.80. The highest BCUT2D eigenvalue weighted by atomic mass is 32.2. The van der Waals surface area contributed by atoms with Gasteiger partial charge in [-0.2, -0.15) is 11.8 Å². The van der Waals surface area contributed by atoms with Crippen molar-refractivity contribution in [3.8, 4) is 10.7 Å². The molecule has 6 nitrogen and oxygen atoms in total. The van der Waals surface area contributed by atoms with Crippen LogP contribution in [0.2, 0.25) is 0 Å². The highest BCUT2D eigenvalue weighted by Crippen LogP contribution is 2.28. The molecule has 2 aromatic heterocycles. The Labute approximate surface area is 183 Å². The van der Waals surface area contributed by atoms with E-state index < -0.39 is 0 Å². The van der Waals surface area contributed by atoms with Crippen molar-refractivity contribution < 1.29 is 9.59 Å². The molecule has 1 aliphatic rings. The first-order chi connectivity index (χ1) is 14.5. The third-order valence-electron chi connectivity index (χ3n) is 4.91. The summed E-state index contributed by atoms with van der Waals surface area (Å²) in [4.78, 5) is 36.8. The van der Waals surface area contributed by atoms with E-state index in [4.69, 9.17) is 0 Å². The van der Waals surface area contributed by atoms with Gasteiger partial charge in [-0.1, -0.05) is 6.07 Å². The maximum atomic E-state index is 12.9. The zero-order chi connectivity index (χ0) is 21.1. The number of carbonyl (C=O) groups excluding carboxylic acids is 2. The lowest BCUT2D eigenvalue weighted by atomic mass is 10.1. The highest BCUT2D eigenvalue weighted by Gasteiger charge is 2.20. The summed E-state index contributed by atoms with van der Waals surface area (Å²) in [7, 11) is 0. The van der Waals surface area contributed by atoms with Crippen LogP contribution in [0.15, 0.2) is 42.6 Å². The van der Waals surface area contributed by atoms with Crippen molar-refractivity contribution in [2.45, 2.75) is 13.8 Å². The highest BCUT2D eigenvalue weighted by molar-refractivity contribution is 7.99. The van der Waals surface area contributed by atoms with E-state index in [1.165, 1.54) is 11.3 Å². The Balaban J connectivity index is 1.50. The molecule has 0 atom stereocenters. The van der Waals surface area contributed by atoms with Gasteiger partial charge in [0.2, 0.25) is 0 Å². The van der Waals surface area contributed by atoms with Crippen molar-refractivity contribution in [2.75, 3.05) is 29.9 Å². The fourth-order valence-electron chi connectivity index (χ4n) is 3.27. The molecule has 0 bridgehead atoms. The number of thiazole rings is 1. The Kier molecular flexibility index (Phi) is 6.15. The molecule has 0 saturated carbocycles. The molecule has 3 heterocycles. The summed E-state index contributed by atoms with van der Waals surface area (Å²) in [5.41, 5.74) is 3.62. The molecule has 4 rings (SSSR count). The topological polar surface area (TPSA) is 75.2 Å². The average Bonchev–Trinajstić information content (AvgIpc) is 3.17. The summed E-state index contributed by atoms with van der Waals surface area (Å²) in [6.07, 6.45) is 1.71. The first kappa shape index (κ1) is 20.6. The van der Waals surface area contributed by atoms with Crippen LogP contribution >= 0.6 is 23.1 Å². The lowest BCUT2D eigenvalue weighted by Crippen LogP contribution is -2.37. The average molecular weight is 439 g/mol. The first-order valence-electron chi connectivity index (χ1n) is 9.71. The van der Waals surface area contributed by atoms with Crippen molar-refractivity contribution in [1.29, 1.82) is 0 Å². The molecule has 1 saturated heterocycles. The largest absolute Gasteiger partial charge is 0.337 e. The molecule has 1 aliphatic heterocycles. The van der Waals surface area contributed by atoms with Gasteiger partial charge < -0.3 is 10.2 Å². The second-order valence-corrected chi connectivity index (χ2v) is 9.26. The van der Waals surface area contributed by atoms with Crippen LogP contribution in [0.25, 0.3) is 10.7 Å². The molecule has 2 amide bonds. The van der Waals surface area contributed by atoms with Gasteiger partial charge in [-0.15, -0.1) is 11.3 Å². The number of nitrogens with one attached hydrogen (secondary N) is 1. The first-order valence-corrected chi connectivity index (χ1v) is 11.7. The molecule has 30 heavy (non-hydrogen) atoms. The van der Waals surface area contributed by atoms with Crippen molar-refractivity contribution >= 4 is 40.6 Å². The third-order valence-corrected chi connectivity index (χ3v) is 7.03. The zero-order valence-electron chi connectivity index (χ0n) is 16.8. The van der Waals surface area contributed by atoms with Crippen molar-refractivity contribution in [1.82, 2.24) is 14.9 Å². The van der Waals surface area contributed by atoms with E-state index in [0.29, 0.717) is 21.8 Å². The monoisotopic (exact) mass is 438 g/mol. The molecule has 0 aliphatic carbocycles. The number of nitrogens with zero attached hydrogens (tertiary/aromatic N) is 3. The van der Waals surface area contributed by atoms with Crippen LogP contribution < -0.4 is 5.32 Å². The van der Waals surface area contributed by atoms with Gasteiger partial charge in [-0.25, -0.2) is 4.98 Å². The van der Waals surface area contributed by atoms with E-state index in [9.17, 15) is 9.59 Å². The van der Waals surface area contributed by atoms with Gasteiger partial charge in [0.25, 0.3) is 11.8 Å². The number of carbonyl (C=O) groups is 2. The van der Waals surface area contributed by atoms with Gasteiger partial charge in [-0.3, -0.25) is 14.6 Å². The molecular weight excluding hydrogens is 416 g/mol.